The summed E-state index contributed by atoms with van der Waals surface area (Å²) in [6, 6.07) is 1.78. The Morgan fingerprint density at radius 1 is 1.32 bits per heavy atom. The number of rotatable bonds is 5. The summed E-state index contributed by atoms with van der Waals surface area (Å²) in [6.07, 6.45) is 2.70. The Kier molecular flexibility index (Phi) is 5.24. The zero-order valence-corrected chi connectivity index (χ0v) is 15.3. The molecule has 1 aromatic rings. The van der Waals surface area contributed by atoms with E-state index in [-0.39, 0.29) is 30.6 Å². The minimum Gasteiger partial charge on any atom is -0.395 e. The summed E-state index contributed by atoms with van der Waals surface area (Å²) in [5.41, 5.74) is 0.389. The van der Waals surface area contributed by atoms with Crippen molar-refractivity contribution in [3.05, 3.63) is 21.9 Å². The van der Waals surface area contributed by atoms with Gasteiger partial charge >= 0.3 is 0 Å². The molecule has 1 atom stereocenters. The number of carbonyl (C=O) groups is 3. The van der Waals surface area contributed by atoms with Crippen molar-refractivity contribution in [3.8, 4) is 0 Å². The van der Waals surface area contributed by atoms with Gasteiger partial charge in [0.1, 0.15) is 0 Å². The second-order valence-electron chi connectivity index (χ2n) is 7.02. The second-order valence-corrected chi connectivity index (χ2v) is 7.93. The van der Waals surface area contributed by atoms with Gasteiger partial charge in [0.15, 0.2) is 5.78 Å². The van der Waals surface area contributed by atoms with Gasteiger partial charge in [0, 0.05) is 26.2 Å². The highest BCUT2D eigenvalue weighted by Crippen LogP contribution is 2.40. The number of hydrogen-bond donors (Lipinski definition) is 1. The van der Waals surface area contributed by atoms with Gasteiger partial charge in [-0.15, -0.1) is 11.3 Å². The Balaban J connectivity index is 1.64. The largest absolute Gasteiger partial charge is 0.395 e. The van der Waals surface area contributed by atoms with E-state index >= 15 is 0 Å². The fourth-order valence-corrected chi connectivity index (χ4v) is 4.70. The number of thiophene rings is 1. The molecule has 2 saturated heterocycles. The number of hydrogen-bond acceptors (Lipinski definition) is 5. The molecule has 136 valence electrons. The standard InChI is InChI=1S/C18H24N2O4S/c1-13(22)15-9-14(11-25-15)10-16(23)20-6-4-18(12-20)3-2-5-19(7-8-21)17(18)24/h9,11,21H,2-8,10,12H2,1H3/t18-/m0/s1. The molecule has 2 aliphatic rings. The van der Waals surface area contributed by atoms with Crippen molar-refractivity contribution in [1.29, 1.82) is 0 Å². The van der Waals surface area contributed by atoms with Gasteiger partial charge in [-0.05, 0) is 43.2 Å². The van der Waals surface area contributed by atoms with Crippen molar-refractivity contribution in [3.63, 3.8) is 0 Å². The molecule has 0 saturated carbocycles. The molecule has 0 radical (unpaired) electrons. The van der Waals surface area contributed by atoms with Gasteiger partial charge in [-0.2, -0.15) is 0 Å². The van der Waals surface area contributed by atoms with Crippen LogP contribution in [0, 0.1) is 5.41 Å². The van der Waals surface area contributed by atoms with E-state index < -0.39 is 5.41 Å². The SMILES string of the molecule is CC(=O)c1cc(CC(=O)N2CC[C@@]3(CCCN(CCO)C3=O)C2)cs1. The summed E-state index contributed by atoms with van der Waals surface area (Å²) in [5, 5.41) is 11.0. The van der Waals surface area contributed by atoms with E-state index in [1.807, 2.05) is 5.38 Å². The molecule has 1 N–H and O–H groups in total. The van der Waals surface area contributed by atoms with Crippen LogP contribution in [0.15, 0.2) is 11.4 Å². The minimum absolute atomic E-state index is 0.0110. The first-order chi connectivity index (χ1) is 11.9. The maximum absolute atomic E-state index is 12.8. The Hall–Kier alpha value is -1.73. The molecule has 7 heteroatoms. The van der Waals surface area contributed by atoms with E-state index in [0.29, 0.717) is 37.5 Å². The zero-order chi connectivity index (χ0) is 18.0. The highest BCUT2D eigenvalue weighted by atomic mass is 32.1. The molecule has 3 heterocycles. The van der Waals surface area contributed by atoms with Gasteiger partial charge in [-0.25, -0.2) is 0 Å². The Morgan fingerprint density at radius 2 is 2.12 bits per heavy atom. The van der Waals surface area contributed by atoms with Crippen LogP contribution >= 0.6 is 11.3 Å². The van der Waals surface area contributed by atoms with E-state index in [1.54, 1.807) is 15.9 Å². The van der Waals surface area contributed by atoms with E-state index in [1.165, 1.54) is 18.3 Å². The fourth-order valence-electron chi connectivity index (χ4n) is 3.89. The molecule has 0 aliphatic carbocycles. The molecule has 2 fully saturated rings. The number of amides is 2. The number of aliphatic hydroxyl groups excluding tert-OH is 1. The van der Waals surface area contributed by atoms with Gasteiger partial charge < -0.3 is 14.9 Å². The van der Waals surface area contributed by atoms with Crippen LogP contribution in [0.4, 0.5) is 0 Å². The summed E-state index contributed by atoms with van der Waals surface area (Å²) in [7, 11) is 0. The smallest absolute Gasteiger partial charge is 0.230 e. The molecule has 0 unspecified atom stereocenters. The van der Waals surface area contributed by atoms with E-state index in [4.69, 9.17) is 5.11 Å². The first-order valence-corrected chi connectivity index (χ1v) is 9.59. The van der Waals surface area contributed by atoms with Gasteiger partial charge in [0.25, 0.3) is 0 Å². The van der Waals surface area contributed by atoms with Gasteiger partial charge in [-0.1, -0.05) is 0 Å². The van der Waals surface area contributed by atoms with Crippen molar-refractivity contribution in [2.75, 3.05) is 32.8 Å². The number of ketones is 1. The Labute approximate surface area is 151 Å². The maximum atomic E-state index is 12.8. The number of likely N-dealkylation sites (tertiary alicyclic amines) is 2. The Morgan fingerprint density at radius 3 is 2.80 bits per heavy atom. The first kappa shape index (κ1) is 18.1. The topological polar surface area (TPSA) is 77.9 Å². The average Bonchev–Trinajstić information content (AvgIpc) is 3.20. The lowest BCUT2D eigenvalue weighted by Crippen LogP contribution is -2.51. The Bertz CT molecular complexity index is 684. The van der Waals surface area contributed by atoms with Crippen molar-refractivity contribution in [1.82, 2.24) is 9.80 Å². The molecule has 25 heavy (non-hydrogen) atoms. The summed E-state index contributed by atoms with van der Waals surface area (Å²) >= 11 is 1.37. The van der Waals surface area contributed by atoms with Crippen molar-refractivity contribution in [2.24, 2.45) is 5.41 Å². The molecule has 3 rings (SSSR count). The lowest BCUT2D eigenvalue weighted by Gasteiger charge is -2.39. The van der Waals surface area contributed by atoms with E-state index in [2.05, 4.69) is 0 Å². The van der Waals surface area contributed by atoms with E-state index in [0.717, 1.165) is 18.4 Å². The van der Waals surface area contributed by atoms with Gasteiger partial charge in [0.05, 0.1) is 23.3 Å². The van der Waals surface area contributed by atoms with Crippen molar-refractivity contribution in [2.45, 2.75) is 32.6 Å². The number of carbonyl (C=O) groups excluding carboxylic acids is 3. The first-order valence-electron chi connectivity index (χ1n) is 8.71. The van der Waals surface area contributed by atoms with Crippen LogP contribution < -0.4 is 0 Å². The van der Waals surface area contributed by atoms with Crippen molar-refractivity contribution < 1.29 is 19.5 Å². The number of aliphatic hydroxyl groups is 1. The number of piperidine rings is 1. The molecule has 6 nitrogen and oxygen atoms in total. The van der Waals surface area contributed by atoms with Crippen LogP contribution in [-0.4, -0.2) is 65.3 Å². The highest BCUT2D eigenvalue weighted by molar-refractivity contribution is 7.12. The van der Waals surface area contributed by atoms with Crippen LogP contribution in [0.3, 0.4) is 0 Å². The quantitative estimate of drug-likeness (QED) is 0.800. The van der Waals surface area contributed by atoms with Crippen LogP contribution in [0.2, 0.25) is 0 Å². The van der Waals surface area contributed by atoms with Gasteiger partial charge in [-0.3, -0.25) is 14.4 Å². The molecular formula is C18H24N2O4S. The predicted molar refractivity (Wildman–Crippen MR) is 94.6 cm³/mol. The molecule has 0 bridgehead atoms. The zero-order valence-electron chi connectivity index (χ0n) is 14.5. The van der Waals surface area contributed by atoms with Crippen molar-refractivity contribution >= 4 is 28.9 Å². The lowest BCUT2D eigenvalue weighted by molar-refractivity contribution is -0.146. The molecule has 1 aromatic heterocycles. The summed E-state index contributed by atoms with van der Waals surface area (Å²) in [6.45, 7) is 3.63. The predicted octanol–water partition coefficient (Wildman–Crippen LogP) is 1.33. The number of Topliss-reactive ketones (excluding diaryl/α,β-unsaturated/α-hetero) is 1. The third-order valence-electron chi connectivity index (χ3n) is 5.26. The second kappa shape index (κ2) is 7.25. The van der Waals surface area contributed by atoms with Crippen LogP contribution in [0.25, 0.3) is 0 Å². The third-order valence-corrected chi connectivity index (χ3v) is 6.34. The molecular weight excluding hydrogens is 340 g/mol. The lowest BCUT2D eigenvalue weighted by atomic mass is 9.78. The van der Waals surface area contributed by atoms with E-state index in [9.17, 15) is 14.4 Å². The van der Waals surface area contributed by atoms with Crippen LogP contribution in [0.1, 0.15) is 41.4 Å². The monoisotopic (exact) mass is 364 g/mol. The summed E-state index contributed by atoms with van der Waals surface area (Å²) in [5.74, 6) is 0.106. The average molecular weight is 364 g/mol. The molecule has 1 spiro atoms. The van der Waals surface area contributed by atoms with Crippen LogP contribution in [0.5, 0.6) is 0 Å². The molecule has 0 aromatic carbocycles. The van der Waals surface area contributed by atoms with Crippen LogP contribution in [-0.2, 0) is 16.0 Å². The third kappa shape index (κ3) is 3.62. The summed E-state index contributed by atoms with van der Waals surface area (Å²) < 4.78 is 0. The maximum Gasteiger partial charge on any atom is 0.230 e. The summed E-state index contributed by atoms with van der Waals surface area (Å²) in [4.78, 5) is 41.0. The number of nitrogens with zero attached hydrogens (tertiary/aromatic N) is 2. The number of β-amino-alcohol motifs (C(OH)–C–C–N with tert-alkyl or cyclic N) is 1. The fraction of sp³-hybridized carbons (Fsp3) is 0.611. The minimum atomic E-state index is -0.470. The highest BCUT2D eigenvalue weighted by Gasteiger charge is 2.49. The molecule has 2 amide bonds. The normalized spacial score (nSPS) is 23.5. The van der Waals surface area contributed by atoms with Gasteiger partial charge in [0.2, 0.25) is 11.8 Å². The molecule has 2 aliphatic heterocycles.